The highest BCUT2D eigenvalue weighted by atomic mass is 79.9. The molecule has 0 saturated carbocycles. The Kier molecular flexibility index (Phi) is 23.1. The quantitative estimate of drug-likeness (QED) is 0.107. The predicted octanol–water partition coefficient (Wildman–Crippen LogP) is 37.1. The van der Waals surface area contributed by atoms with Crippen molar-refractivity contribution in [3.8, 4) is 22.3 Å². The number of nitrogens with zero attached hydrogens (tertiary/aromatic N) is 4. The Morgan fingerprint density at radius 3 is 0.938 bits per heavy atom. The molecule has 0 aliphatic heterocycles. The van der Waals surface area contributed by atoms with Gasteiger partial charge in [0.25, 0.3) is 0 Å². The average molecular weight is 1920 g/mol. The van der Waals surface area contributed by atoms with Gasteiger partial charge in [0.15, 0.2) is 0 Å². The predicted molar refractivity (Wildman–Crippen MR) is 551 cm³/mol. The molecule has 0 aliphatic rings. The molecule has 618 valence electrons. The second kappa shape index (κ2) is 36.0. The summed E-state index contributed by atoms with van der Waals surface area (Å²) in [5.74, 6) is 0. The topological polar surface area (TPSA) is 65.5 Å². The molecule has 8 nitrogen and oxygen atoms in total. The van der Waals surface area contributed by atoms with Crippen LogP contribution in [0.4, 0.5) is 68.2 Å². The van der Waals surface area contributed by atoms with E-state index in [0.29, 0.717) is 0 Å². The Balaban J connectivity index is 0.000000108. The van der Waals surface area contributed by atoms with Gasteiger partial charge in [0, 0.05) is 159 Å². The van der Waals surface area contributed by atoms with Crippen LogP contribution in [-0.4, -0.2) is 0 Å². The highest BCUT2D eigenvalue weighted by Crippen LogP contribution is 2.48. The molecule has 0 aliphatic carbocycles. The standard InChI is InChI=1S/C34H28BrNO.C30H20BrNO.C28H18BrNO.C24H16BrNO/c1-34(2,3)24-14-16-27(17-15-24)36(26-12-8-5-9-13-26)28-18-19-29-31-21-25(35)20-30(23-10-6-4-7-11-23)33(31)37-32(29)22-28;31-22-15-18-29-27(19-22)26-17-16-24(20-30(26)33-29)32(23-11-5-2-6-12-23)28-14-8-7-13-25(28)21-9-3-1-4-10-21;29-20-13-16-27-25(17-20)24-15-14-22(18-28(24)31-27)30(21-9-2-1-3-10-21)26-12-6-8-19-7-4-5-11-23(19)26;25-17-11-14-23-22(15-17)21-13-12-20(16-24(21)27-23)26(18-7-3-1-4-8-18)19-9-5-2-6-10-19/h4-22H,1-3H3;1-20H;1-18H;1-16H. The van der Waals surface area contributed by atoms with Crippen molar-refractivity contribution in [3.63, 3.8) is 0 Å². The van der Waals surface area contributed by atoms with Crippen LogP contribution >= 0.6 is 63.7 Å². The van der Waals surface area contributed by atoms with Crippen molar-refractivity contribution < 1.29 is 17.7 Å². The average Bonchev–Trinajstić information content (AvgIpc) is 1.55. The smallest absolute Gasteiger partial charge is 0.143 e. The van der Waals surface area contributed by atoms with Crippen LogP contribution in [0.1, 0.15) is 26.3 Å². The zero-order valence-corrected chi connectivity index (χ0v) is 76.4. The van der Waals surface area contributed by atoms with Gasteiger partial charge in [-0.3, -0.25) is 0 Å². The molecule has 128 heavy (non-hydrogen) atoms. The van der Waals surface area contributed by atoms with E-state index >= 15 is 0 Å². The van der Waals surface area contributed by atoms with E-state index in [1.165, 1.54) is 27.5 Å². The zero-order valence-electron chi connectivity index (χ0n) is 70.1. The molecule has 0 saturated heterocycles. The summed E-state index contributed by atoms with van der Waals surface area (Å²) in [5, 5.41) is 11.3. The lowest BCUT2D eigenvalue weighted by atomic mass is 9.87. The Hall–Kier alpha value is -14.2. The van der Waals surface area contributed by atoms with Gasteiger partial charge >= 0.3 is 0 Å². The van der Waals surface area contributed by atoms with Crippen molar-refractivity contribution in [1.29, 1.82) is 0 Å². The number of benzene rings is 19. The van der Waals surface area contributed by atoms with Crippen LogP contribution in [0.3, 0.4) is 0 Å². The fourth-order valence-electron chi connectivity index (χ4n) is 17.1. The number of hydrogen-bond acceptors (Lipinski definition) is 8. The minimum absolute atomic E-state index is 0.105. The summed E-state index contributed by atoms with van der Waals surface area (Å²) in [7, 11) is 0. The first-order valence-corrected chi connectivity index (χ1v) is 45.7. The van der Waals surface area contributed by atoms with E-state index in [-0.39, 0.29) is 5.41 Å². The van der Waals surface area contributed by atoms with Gasteiger partial charge in [-0.15, -0.1) is 0 Å². The Morgan fingerprint density at radius 2 is 0.508 bits per heavy atom. The first kappa shape index (κ1) is 82.1. The van der Waals surface area contributed by atoms with Crippen molar-refractivity contribution in [2.75, 3.05) is 19.6 Å². The molecule has 0 spiro atoms. The molecule has 12 heteroatoms. The molecule has 4 aromatic heterocycles. The van der Waals surface area contributed by atoms with Crippen LogP contribution in [0, 0.1) is 0 Å². The molecule has 0 atom stereocenters. The summed E-state index contributed by atoms with van der Waals surface area (Å²) in [6.07, 6.45) is 0. The summed E-state index contributed by atoms with van der Waals surface area (Å²) >= 11 is 14.4. The Labute approximate surface area is 775 Å². The number of anilines is 12. The molecule has 0 fully saturated rings. The van der Waals surface area contributed by atoms with Crippen LogP contribution in [0.2, 0.25) is 0 Å². The zero-order chi connectivity index (χ0) is 86.8. The van der Waals surface area contributed by atoms with Crippen molar-refractivity contribution in [3.05, 3.63) is 466 Å². The van der Waals surface area contributed by atoms with E-state index in [1.807, 2.05) is 66.7 Å². The van der Waals surface area contributed by atoms with E-state index in [2.05, 4.69) is 480 Å². The molecule has 0 bridgehead atoms. The Morgan fingerprint density at radius 1 is 0.195 bits per heavy atom. The molecule has 0 radical (unpaired) electrons. The van der Waals surface area contributed by atoms with Crippen molar-refractivity contribution in [2.24, 2.45) is 0 Å². The van der Waals surface area contributed by atoms with Crippen molar-refractivity contribution in [2.45, 2.75) is 26.2 Å². The largest absolute Gasteiger partial charge is 0.456 e. The lowest BCUT2D eigenvalue weighted by molar-refractivity contribution is 0.590. The molecule has 23 rings (SSSR count). The van der Waals surface area contributed by atoms with Crippen LogP contribution in [-0.2, 0) is 5.41 Å². The molecule has 4 heterocycles. The van der Waals surface area contributed by atoms with Gasteiger partial charge in [-0.1, -0.05) is 303 Å². The molecule has 0 unspecified atom stereocenters. The minimum atomic E-state index is 0.105. The first-order valence-electron chi connectivity index (χ1n) is 42.5. The molecule has 19 aromatic carbocycles. The summed E-state index contributed by atoms with van der Waals surface area (Å²) < 4.78 is 29.3. The highest BCUT2D eigenvalue weighted by Gasteiger charge is 2.25. The van der Waals surface area contributed by atoms with Gasteiger partial charge in [-0.2, -0.15) is 0 Å². The third-order valence-electron chi connectivity index (χ3n) is 23.2. The van der Waals surface area contributed by atoms with E-state index in [9.17, 15) is 0 Å². The molecular weight excluding hydrogens is 1830 g/mol. The van der Waals surface area contributed by atoms with E-state index in [4.69, 9.17) is 17.7 Å². The van der Waals surface area contributed by atoms with Crippen LogP contribution in [0.5, 0.6) is 0 Å². The second-order valence-corrected chi connectivity index (χ2v) is 36.1. The van der Waals surface area contributed by atoms with Crippen molar-refractivity contribution in [1.82, 2.24) is 0 Å². The van der Waals surface area contributed by atoms with Crippen molar-refractivity contribution >= 4 is 230 Å². The van der Waals surface area contributed by atoms with Crippen LogP contribution in [0.15, 0.2) is 478 Å². The monoisotopic (exact) mass is 1910 g/mol. The summed E-state index contributed by atoms with van der Waals surface area (Å²) in [4.78, 5) is 9.12. The lowest BCUT2D eigenvalue weighted by Gasteiger charge is -2.27. The van der Waals surface area contributed by atoms with Crippen LogP contribution < -0.4 is 19.6 Å². The SMILES string of the molecule is Brc1ccc2oc3cc(N(c4ccccc4)c4cccc5ccccc45)ccc3c2c1.Brc1ccc2oc3cc(N(c4ccccc4)c4ccccc4)ccc3c2c1.Brc1ccc2oc3cc(N(c4ccccc4)c4ccccc4-c4ccccc4)ccc3c2c1.CC(C)(C)c1ccc(N(c2ccccc2)c2ccc3c(c2)oc2c(-c4ccccc4)cc(Br)cc23)cc1. The number of halogens is 4. The van der Waals surface area contributed by atoms with Gasteiger partial charge in [-0.05, 0) is 228 Å². The molecule has 23 aromatic rings. The maximum Gasteiger partial charge on any atom is 0.143 e. The van der Waals surface area contributed by atoms with E-state index < -0.39 is 0 Å². The van der Waals surface area contributed by atoms with E-state index in [0.717, 1.165) is 185 Å². The highest BCUT2D eigenvalue weighted by molar-refractivity contribution is 9.11. The lowest BCUT2D eigenvalue weighted by Crippen LogP contribution is -2.13. The number of rotatable bonds is 14. The number of fused-ring (bicyclic) bond motifs is 13. The summed E-state index contributed by atoms with van der Waals surface area (Å²) in [6, 6.07) is 154. The maximum atomic E-state index is 6.57. The second-order valence-electron chi connectivity index (χ2n) is 32.4. The number of hydrogen-bond donors (Lipinski definition) is 0. The number of para-hydroxylation sites is 6. The van der Waals surface area contributed by atoms with Crippen LogP contribution in [0.25, 0.3) is 121 Å². The Bertz CT molecular complexity index is 7880. The number of furan rings is 4. The molecule has 0 amide bonds. The van der Waals surface area contributed by atoms with Gasteiger partial charge in [0.2, 0.25) is 0 Å². The normalized spacial score (nSPS) is 11.4. The van der Waals surface area contributed by atoms with Gasteiger partial charge < -0.3 is 37.3 Å². The van der Waals surface area contributed by atoms with Gasteiger partial charge in [0.05, 0.1) is 11.4 Å². The fraction of sp³-hybridized carbons (Fsp3) is 0.0345. The summed E-state index contributed by atoms with van der Waals surface area (Å²) in [6.45, 7) is 6.73. The third-order valence-corrected chi connectivity index (χ3v) is 25.1. The molecule has 0 N–H and O–H groups in total. The maximum absolute atomic E-state index is 6.57. The fourth-order valence-corrected chi connectivity index (χ4v) is 18.7. The van der Waals surface area contributed by atoms with Gasteiger partial charge in [-0.25, -0.2) is 0 Å². The summed E-state index contributed by atoms with van der Waals surface area (Å²) in [5.41, 5.74) is 26.3. The van der Waals surface area contributed by atoms with E-state index in [1.54, 1.807) is 0 Å². The first-order chi connectivity index (χ1) is 62.7. The minimum Gasteiger partial charge on any atom is -0.456 e. The molecular formula is C116H82Br4N4O4. The third kappa shape index (κ3) is 16.9. The van der Waals surface area contributed by atoms with Gasteiger partial charge in [0.1, 0.15) is 44.7 Å².